The minimum atomic E-state index is -0.380. The van der Waals surface area contributed by atoms with Gasteiger partial charge in [-0.2, -0.15) is 0 Å². The first kappa shape index (κ1) is 15.1. The van der Waals surface area contributed by atoms with Gasteiger partial charge >= 0.3 is 0 Å². The molecular formula is C12H17BrN2O3. The Labute approximate surface area is 114 Å². The molecule has 5 nitrogen and oxygen atoms in total. The molecule has 0 heterocycles. The summed E-state index contributed by atoms with van der Waals surface area (Å²) in [6, 6.07) is 5.21. The van der Waals surface area contributed by atoms with E-state index in [1.165, 1.54) is 6.07 Å². The Morgan fingerprint density at radius 3 is 2.83 bits per heavy atom. The molecule has 0 aliphatic heterocycles. The molecule has 6 heteroatoms. The Hall–Kier alpha value is -0.980. The molecule has 1 rings (SSSR count). The highest BCUT2D eigenvalue weighted by molar-refractivity contribution is 9.10. The lowest BCUT2D eigenvalue weighted by Crippen LogP contribution is -2.29. The number of aliphatic hydroxyl groups is 1. The smallest absolute Gasteiger partial charge is 0.275 e. The second-order valence-corrected chi connectivity index (χ2v) is 4.94. The molecule has 1 aromatic rings. The minimum absolute atomic E-state index is 0.107. The van der Waals surface area contributed by atoms with Crippen molar-refractivity contribution in [2.75, 3.05) is 6.61 Å². The van der Waals surface area contributed by atoms with Gasteiger partial charge in [0.25, 0.3) is 5.69 Å². The van der Waals surface area contributed by atoms with E-state index in [4.69, 9.17) is 5.11 Å². The third kappa shape index (κ3) is 4.36. The molecule has 0 bridgehead atoms. The van der Waals surface area contributed by atoms with Crippen molar-refractivity contribution < 1.29 is 10.0 Å². The third-order valence-electron chi connectivity index (χ3n) is 2.80. The van der Waals surface area contributed by atoms with E-state index < -0.39 is 0 Å². The maximum atomic E-state index is 10.9. The maximum Gasteiger partial charge on any atom is 0.275 e. The van der Waals surface area contributed by atoms with E-state index in [1.807, 2.05) is 6.92 Å². The number of nitro benzene ring substituents is 1. The number of hydrogen-bond donors (Lipinski definition) is 2. The van der Waals surface area contributed by atoms with Crippen molar-refractivity contribution in [2.24, 2.45) is 0 Å². The Morgan fingerprint density at radius 2 is 2.28 bits per heavy atom. The molecule has 1 atom stereocenters. The average Bonchev–Trinajstić information content (AvgIpc) is 2.35. The molecule has 1 unspecified atom stereocenters. The summed E-state index contributed by atoms with van der Waals surface area (Å²) < 4.78 is 0.695. The molecule has 100 valence electrons. The van der Waals surface area contributed by atoms with E-state index in [0.29, 0.717) is 23.0 Å². The molecule has 0 fully saturated rings. The zero-order valence-electron chi connectivity index (χ0n) is 10.2. The fourth-order valence-electron chi connectivity index (χ4n) is 1.72. The SMILES string of the molecule is CCC(CCO)NCc1ccc(Br)cc1[N+](=O)[O-]. The normalized spacial score (nSPS) is 12.4. The maximum absolute atomic E-state index is 10.9. The van der Waals surface area contributed by atoms with Crippen LogP contribution in [0.3, 0.4) is 0 Å². The van der Waals surface area contributed by atoms with E-state index in [9.17, 15) is 10.1 Å². The number of rotatable bonds is 7. The molecule has 2 N–H and O–H groups in total. The molecule has 0 saturated heterocycles. The molecule has 0 amide bonds. The highest BCUT2D eigenvalue weighted by Crippen LogP contribution is 2.23. The van der Waals surface area contributed by atoms with E-state index >= 15 is 0 Å². The second-order valence-electron chi connectivity index (χ2n) is 4.03. The van der Waals surface area contributed by atoms with Crippen LogP contribution in [0.15, 0.2) is 22.7 Å². The fraction of sp³-hybridized carbons (Fsp3) is 0.500. The number of aliphatic hydroxyl groups excluding tert-OH is 1. The number of nitrogens with zero attached hydrogens (tertiary/aromatic N) is 1. The Morgan fingerprint density at radius 1 is 1.56 bits per heavy atom. The predicted molar refractivity (Wildman–Crippen MR) is 73.4 cm³/mol. The van der Waals surface area contributed by atoms with Crippen LogP contribution in [0.2, 0.25) is 0 Å². The number of hydrogen-bond acceptors (Lipinski definition) is 4. The lowest BCUT2D eigenvalue weighted by molar-refractivity contribution is -0.385. The Kier molecular flexibility index (Phi) is 6.24. The van der Waals surface area contributed by atoms with Crippen LogP contribution < -0.4 is 5.32 Å². The zero-order valence-corrected chi connectivity index (χ0v) is 11.8. The monoisotopic (exact) mass is 316 g/mol. The van der Waals surface area contributed by atoms with Crippen LogP contribution in [0.4, 0.5) is 5.69 Å². The molecule has 18 heavy (non-hydrogen) atoms. The van der Waals surface area contributed by atoms with Crippen LogP contribution in [-0.4, -0.2) is 22.7 Å². The summed E-state index contributed by atoms with van der Waals surface area (Å²) in [6.45, 7) is 2.57. The van der Waals surface area contributed by atoms with Crippen LogP contribution >= 0.6 is 15.9 Å². The minimum Gasteiger partial charge on any atom is -0.396 e. The van der Waals surface area contributed by atoms with Crippen molar-refractivity contribution in [2.45, 2.75) is 32.4 Å². The lowest BCUT2D eigenvalue weighted by atomic mass is 10.1. The largest absolute Gasteiger partial charge is 0.396 e. The van der Waals surface area contributed by atoms with Gasteiger partial charge in [0.05, 0.1) is 4.92 Å². The van der Waals surface area contributed by atoms with E-state index in [2.05, 4.69) is 21.2 Å². The molecule has 1 aromatic carbocycles. The van der Waals surface area contributed by atoms with Crippen molar-refractivity contribution in [1.29, 1.82) is 0 Å². The first-order valence-corrected chi connectivity index (χ1v) is 6.64. The molecule has 0 radical (unpaired) electrons. The van der Waals surface area contributed by atoms with E-state index in [0.717, 1.165) is 6.42 Å². The number of benzene rings is 1. The van der Waals surface area contributed by atoms with Crippen LogP contribution in [0, 0.1) is 10.1 Å². The van der Waals surface area contributed by atoms with Gasteiger partial charge in [-0.3, -0.25) is 10.1 Å². The lowest BCUT2D eigenvalue weighted by Gasteiger charge is -2.15. The van der Waals surface area contributed by atoms with Gasteiger partial charge in [-0.25, -0.2) is 0 Å². The third-order valence-corrected chi connectivity index (χ3v) is 3.29. The fourth-order valence-corrected chi connectivity index (χ4v) is 2.07. The summed E-state index contributed by atoms with van der Waals surface area (Å²) in [7, 11) is 0. The highest BCUT2D eigenvalue weighted by Gasteiger charge is 2.15. The van der Waals surface area contributed by atoms with E-state index in [1.54, 1.807) is 12.1 Å². The van der Waals surface area contributed by atoms with Crippen LogP contribution in [-0.2, 0) is 6.54 Å². The number of halogens is 1. The Bertz CT molecular complexity index is 412. The van der Waals surface area contributed by atoms with Gasteiger partial charge in [-0.05, 0) is 25.0 Å². The standard InChI is InChI=1S/C12H17BrN2O3/c1-2-11(5-6-16)14-8-9-3-4-10(13)7-12(9)15(17)18/h3-4,7,11,14,16H,2,5-6,8H2,1H3. The molecular weight excluding hydrogens is 300 g/mol. The Balaban J connectivity index is 2.74. The first-order chi connectivity index (χ1) is 8.58. The van der Waals surface area contributed by atoms with Crippen LogP contribution in [0.1, 0.15) is 25.3 Å². The van der Waals surface area contributed by atoms with Crippen LogP contribution in [0.25, 0.3) is 0 Å². The second kappa shape index (κ2) is 7.45. The topological polar surface area (TPSA) is 75.4 Å². The zero-order chi connectivity index (χ0) is 13.5. The van der Waals surface area contributed by atoms with Crippen molar-refractivity contribution in [3.63, 3.8) is 0 Å². The van der Waals surface area contributed by atoms with Crippen molar-refractivity contribution in [1.82, 2.24) is 5.32 Å². The van der Waals surface area contributed by atoms with Crippen molar-refractivity contribution in [3.05, 3.63) is 38.3 Å². The van der Waals surface area contributed by atoms with Gasteiger partial charge in [-0.1, -0.05) is 22.9 Å². The predicted octanol–water partition coefficient (Wildman–Crippen LogP) is 2.61. The summed E-state index contributed by atoms with van der Waals surface area (Å²) in [5.74, 6) is 0. The van der Waals surface area contributed by atoms with E-state index in [-0.39, 0.29) is 23.3 Å². The highest BCUT2D eigenvalue weighted by atomic mass is 79.9. The first-order valence-electron chi connectivity index (χ1n) is 5.85. The van der Waals surface area contributed by atoms with Gasteiger partial charge < -0.3 is 10.4 Å². The van der Waals surface area contributed by atoms with Gasteiger partial charge in [0, 0.05) is 35.3 Å². The molecule has 0 aliphatic carbocycles. The number of nitrogens with one attached hydrogen (secondary N) is 1. The molecule has 0 spiro atoms. The van der Waals surface area contributed by atoms with Crippen LogP contribution in [0.5, 0.6) is 0 Å². The van der Waals surface area contributed by atoms with Crippen molar-refractivity contribution >= 4 is 21.6 Å². The molecule has 0 saturated carbocycles. The van der Waals surface area contributed by atoms with Gasteiger partial charge in [0.1, 0.15) is 0 Å². The summed E-state index contributed by atoms with van der Waals surface area (Å²) in [4.78, 5) is 10.6. The molecule has 0 aliphatic rings. The van der Waals surface area contributed by atoms with Crippen molar-refractivity contribution in [3.8, 4) is 0 Å². The number of nitro groups is 1. The van der Waals surface area contributed by atoms with Gasteiger partial charge in [-0.15, -0.1) is 0 Å². The molecule has 0 aromatic heterocycles. The summed E-state index contributed by atoms with van der Waals surface area (Å²) in [5, 5.41) is 23.0. The summed E-state index contributed by atoms with van der Waals surface area (Å²) in [5.41, 5.74) is 0.760. The average molecular weight is 317 g/mol. The summed E-state index contributed by atoms with van der Waals surface area (Å²) in [6.07, 6.45) is 1.53. The quantitative estimate of drug-likeness (QED) is 0.599. The summed E-state index contributed by atoms with van der Waals surface area (Å²) >= 11 is 3.23. The van der Waals surface area contributed by atoms with Gasteiger partial charge in [0.2, 0.25) is 0 Å². The van der Waals surface area contributed by atoms with Gasteiger partial charge in [0.15, 0.2) is 0 Å².